The molecule has 0 bridgehead atoms. The molecule has 0 unspecified atom stereocenters. The monoisotopic (exact) mass is 447 g/mol. The number of rotatable bonds is 9. The van der Waals surface area contributed by atoms with Gasteiger partial charge in [0.05, 0.1) is 27.2 Å². The van der Waals surface area contributed by atoms with E-state index in [0.29, 0.717) is 18.3 Å². The Kier molecular flexibility index (Phi) is 7.40. The first-order valence-electron chi connectivity index (χ1n) is 8.18. The van der Waals surface area contributed by atoms with Gasteiger partial charge in [0.2, 0.25) is 0 Å². The van der Waals surface area contributed by atoms with Crippen LogP contribution < -0.4 is 14.2 Å². The van der Waals surface area contributed by atoms with Crippen LogP contribution in [0.3, 0.4) is 0 Å². The van der Waals surface area contributed by atoms with E-state index in [1.54, 1.807) is 6.07 Å². The smallest absolute Gasteiger partial charge is 0.341 e. The molecule has 0 atom stereocenters. The molecule has 0 heterocycles. The van der Waals surface area contributed by atoms with Crippen molar-refractivity contribution >= 4 is 44.9 Å². The molecule has 2 aromatic carbocycles. The third kappa shape index (κ3) is 6.19. The lowest BCUT2D eigenvalue weighted by Crippen LogP contribution is -2.14. The van der Waals surface area contributed by atoms with Gasteiger partial charge in [-0.1, -0.05) is 37.0 Å². The molecule has 2 N–H and O–H groups in total. The second-order valence-electron chi connectivity index (χ2n) is 6.23. The fourth-order valence-electron chi connectivity index (χ4n) is 2.06. The molecule has 28 heavy (non-hydrogen) atoms. The zero-order valence-corrected chi connectivity index (χ0v) is 17.4. The highest BCUT2D eigenvalue weighted by molar-refractivity contribution is 7.92. The van der Waals surface area contributed by atoms with Crippen molar-refractivity contribution in [3.05, 3.63) is 46.4 Å². The maximum Gasteiger partial charge on any atom is 0.341 e. The van der Waals surface area contributed by atoms with E-state index in [4.69, 9.17) is 37.8 Å². The molecule has 0 fully saturated rings. The summed E-state index contributed by atoms with van der Waals surface area (Å²) < 4.78 is 38.1. The van der Waals surface area contributed by atoms with Crippen LogP contribution in [0.2, 0.25) is 10.0 Å². The van der Waals surface area contributed by atoms with Gasteiger partial charge in [-0.05, 0) is 42.3 Å². The predicted octanol–water partition coefficient (Wildman–Crippen LogP) is 4.29. The summed E-state index contributed by atoms with van der Waals surface area (Å²) in [6.45, 7) is 3.90. The number of aliphatic carboxylic acids is 1. The summed E-state index contributed by atoms with van der Waals surface area (Å²) in [7, 11) is -3.94. The molecular formula is C18H19Cl2NO6S. The number of ether oxygens (including phenoxy) is 2. The Balaban J connectivity index is 2.16. The Hall–Kier alpha value is -2.16. The molecule has 10 heteroatoms. The SMILES string of the molecule is CC(C)COc1ccc(NS(=O)(=O)c2ccc(OCC(=O)O)c(Cl)c2)cc1Cl. The van der Waals surface area contributed by atoms with Gasteiger partial charge in [-0.3, -0.25) is 4.72 Å². The summed E-state index contributed by atoms with van der Waals surface area (Å²) in [6.07, 6.45) is 0. The largest absolute Gasteiger partial charge is 0.492 e. The maximum absolute atomic E-state index is 12.6. The highest BCUT2D eigenvalue weighted by Gasteiger charge is 2.17. The molecule has 0 aromatic heterocycles. The van der Waals surface area contributed by atoms with Crippen LogP contribution in [0.25, 0.3) is 0 Å². The lowest BCUT2D eigenvalue weighted by atomic mass is 10.2. The van der Waals surface area contributed by atoms with Gasteiger partial charge >= 0.3 is 5.97 Å². The van der Waals surface area contributed by atoms with Crippen molar-refractivity contribution in [3.8, 4) is 11.5 Å². The number of sulfonamides is 1. The summed E-state index contributed by atoms with van der Waals surface area (Å²) in [5, 5.41) is 8.87. The van der Waals surface area contributed by atoms with Gasteiger partial charge in [-0.25, -0.2) is 13.2 Å². The van der Waals surface area contributed by atoms with Gasteiger partial charge in [-0.2, -0.15) is 0 Å². The van der Waals surface area contributed by atoms with E-state index in [1.807, 2.05) is 13.8 Å². The van der Waals surface area contributed by atoms with E-state index < -0.39 is 22.6 Å². The Morgan fingerprint density at radius 3 is 2.25 bits per heavy atom. The van der Waals surface area contributed by atoms with Crippen molar-refractivity contribution in [2.75, 3.05) is 17.9 Å². The minimum absolute atomic E-state index is 0.0282. The molecular weight excluding hydrogens is 429 g/mol. The number of nitrogens with one attached hydrogen (secondary N) is 1. The van der Waals surface area contributed by atoms with Crippen LogP contribution >= 0.6 is 23.2 Å². The van der Waals surface area contributed by atoms with Crippen LogP contribution in [-0.4, -0.2) is 32.7 Å². The van der Waals surface area contributed by atoms with Gasteiger partial charge in [0.15, 0.2) is 6.61 Å². The average molecular weight is 448 g/mol. The van der Waals surface area contributed by atoms with Gasteiger partial charge in [-0.15, -0.1) is 0 Å². The van der Waals surface area contributed by atoms with Crippen molar-refractivity contribution in [1.82, 2.24) is 0 Å². The molecule has 0 aliphatic rings. The molecule has 7 nitrogen and oxygen atoms in total. The van der Waals surface area contributed by atoms with Gasteiger partial charge in [0.1, 0.15) is 11.5 Å². The standard InChI is InChI=1S/C18H19Cl2NO6S/c1-11(2)9-26-16-5-3-12(7-14(16)19)21-28(24,25)13-4-6-17(15(20)8-13)27-10-18(22)23/h3-8,11,21H,9-10H2,1-2H3,(H,22,23). The number of benzene rings is 2. The Morgan fingerprint density at radius 1 is 1.07 bits per heavy atom. The lowest BCUT2D eigenvalue weighted by Gasteiger charge is -2.13. The van der Waals surface area contributed by atoms with E-state index in [9.17, 15) is 13.2 Å². The normalized spacial score (nSPS) is 11.3. The minimum Gasteiger partial charge on any atom is -0.492 e. The summed E-state index contributed by atoms with van der Waals surface area (Å²) in [4.78, 5) is 10.4. The lowest BCUT2D eigenvalue weighted by molar-refractivity contribution is -0.139. The van der Waals surface area contributed by atoms with Crippen LogP contribution in [0.1, 0.15) is 13.8 Å². The molecule has 0 aliphatic carbocycles. The molecule has 0 spiro atoms. The predicted molar refractivity (Wildman–Crippen MR) is 107 cm³/mol. The van der Waals surface area contributed by atoms with Crippen LogP contribution in [-0.2, 0) is 14.8 Å². The van der Waals surface area contributed by atoms with Crippen molar-refractivity contribution in [3.63, 3.8) is 0 Å². The molecule has 152 valence electrons. The summed E-state index contributed by atoms with van der Waals surface area (Å²) in [6, 6.07) is 8.27. The van der Waals surface area contributed by atoms with E-state index in [-0.39, 0.29) is 26.4 Å². The first kappa shape index (κ1) is 22.1. The first-order valence-corrected chi connectivity index (χ1v) is 10.4. The molecule has 0 amide bonds. The van der Waals surface area contributed by atoms with Gasteiger partial charge < -0.3 is 14.6 Å². The third-order valence-electron chi connectivity index (χ3n) is 3.32. The van der Waals surface area contributed by atoms with Crippen molar-refractivity contribution in [2.24, 2.45) is 5.92 Å². The second kappa shape index (κ2) is 9.36. The zero-order chi connectivity index (χ0) is 20.9. The average Bonchev–Trinajstić information content (AvgIpc) is 2.59. The number of hydrogen-bond donors (Lipinski definition) is 2. The molecule has 2 rings (SSSR count). The Bertz CT molecular complexity index is 963. The Morgan fingerprint density at radius 2 is 1.68 bits per heavy atom. The fraction of sp³-hybridized carbons (Fsp3) is 0.278. The quantitative estimate of drug-likeness (QED) is 0.594. The first-order chi connectivity index (χ1) is 13.1. The number of carboxylic acids is 1. The highest BCUT2D eigenvalue weighted by Crippen LogP contribution is 2.31. The van der Waals surface area contributed by atoms with Crippen LogP contribution in [0.5, 0.6) is 11.5 Å². The Labute approximate surface area is 173 Å². The molecule has 0 radical (unpaired) electrons. The van der Waals surface area contributed by atoms with Crippen molar-refractivity contribution in [2.45, 2.75) is 18.7 Å². The molecule has 0 saturated carbocycles. The number of carboxylic acid groups (broad SMARTS) is 1. The minimum atomic E-state index is -3.94. The van der Waals surface area contributed by atoms with E-state index in [1.165, 1.54) is 30.3 Å². The molecule has 0 saturated heterocycles. The summed E-state index contributed by atoms with van der Waals surface area (Å²) >= 11 is 12.1. The highest BCUT2D eigenvalue weighted by atomic mass is 35.5. The fourth-order valence-corrected chi connectivity index (χ4v) is 3.67. The van der Waals surface area contributed by atoms with Crippen LogP contribution in [0.15, 0.2) is 41.3 Å². The molecule has 2 aromatic rings. The van der Waals surface area contributed by atoms with Crippen molar-refractivity contribution in [1.29, 1.82) is 0 Å². The van der Waals surface area contributed by atoms with E-state index in [2.05, 4.69) is 4.72 Å². The molecule has 0 aliphatic heterocycles. The summed E-state index contributed by atoms with van der Waals surface area (Å²) in [5.74, 6) is -0.326. The van der Waals surface area contributed by atoms with Crippen LogP contribution in [0.4, 0.5) is 5.69 Å². The zero-order valence-electron chi connectivity index (χ0n) is 15.1. The van der Waals surface area contributed by atoms with E-state index >= 15 is 0 Å². The number of halogens is 2. The third-order valence-corrected chi connectivity index (χ3v) is 5.29. The summed E-state index contributed by atoms with van der Waals surface area (Å²) in [5.41, 5.74) is 0.254. The van der Waals surface area contributed by atoms with Crippen LogP contribution in [0, 0.1) is 5.92 Å². The van der Waals surface area contributed by atoms with Gasteiger partial charge in [0.25, 0.3) is 10.0 Å². The number of carbonyl (C=O) groups is 1. The second-order valence-corrected chi connectivity index (χ2v) is 8.73. The maximum atomic E-state index is 12.6. The topological polar surface area (TPSA) is 102 Å². The number of anilines is 1. The van der Waals surface area contributed by atoms with Gasteiger partial charge in [0, 0.05) is 0 Å². The van der Waals surface area contributed by atoms with Crippen molar-refractivity contribution < 1.29 is 27.8 Å². The van der Waals surface area contributed by atoms with E-state index in [0.717, 1.165) is 0 Å². The number of hydrogen-bond acceptors (Lipinski definition) is 5.